The summed E-state index contributed by atoms with van der Waals surface area (Å²) in [6.45, 7) is 3.53. The molecule has 6 nitrogen and oxygen atoms in total. The van der Waals surface area contributed by atoms with Gasteiger partial charge in [0.05, 0.1) is 24.9 Å². The number of ether oxygens (including phenoxy) is 2. The van der Waals surface area contributed by atoms with Crippen LogP contribution in [0.1, 0.15) is 19.8 Å². The summed E-state index contributed by atoms with van der Waals surface area (Å²) in [6.07, 6.45) is 3.31. The Labute approximate surface area is 153 Å². The highest BCUT2D eigenvalue weighted by Crippen LogP contribution is 2.36. The number of benzene rings is 1. The van der Waals surface area contributed by atoms with E-state index in [2.05, 4.69) is 12.2 Å². The van der Waals surface area contributed by atoms with E-state index >= 15 is 0 Å². The van der Waals surface area contributed by atoms with Gasteiger partial charge < -0.3 is 19.7 Å². The Balaban J connectivity index is 2.18. The third-order valence-electron chi connectivity index (χ3n) is 4.27. The highest BCUT2D eigenvalue weighted by molar-refractivity contribution is 6.32. The van der Waals surface area contributed by atoms with E-state index in [1.165, 1.54) is 20.4 Å². The molecule has 1 heterocycles. The van der Waals surface area contributed by atoms with E-state index < -0.39 is 0 Å². The van der Waals surface area contributed by atoms with Crippen LogP contribution in [-0.2, 0) is 4.79 Å². The van der Waals surface area contributed by atoms with Gasteiger partial charge in [-0.3, -0.25) is 4.79 Å². The first kappa shape index (κ1) is 18.9. The molecule has 1 saturated heterocycles. The van der Waals surface area contributed by atoms with Crippen LogP contribution in [0.3, 0.4) is 0 Å². The summed E-state index contributed by atoms with van der Waals surface area (Å²) in [5, 5.41) is 12.7. The van der Waals surface area contributed by atoms with Crippen molar-refractivity contribution in [3.05, 3.63) is 28.9 Å². The standard InChI is InChI=1S/C18H22ClN3O3/c1-12-4-6-22(7-5-12)18(23)13(10-20)11-21-15-9-16(24-2)14(19)8-17(15)25-3/h8-9,11-12,21H,4-7H2,1-3H3/b13-11-. The maximum Gasteiger partial charge on any atom is 0.266 e. The summed E-state index contributed by atoms with van der Waals surface area (Å²) >= 11 is 6.07. The molecule has 2 rings (SSSR count). The van der Waals surface area contributed by atoms with Gasteiger partial charge in [0.15, 0.2) is 0 Å². The largest absolute Gasteiger partial charge is 0.495 e. The normalized spacial score (nSPS) is 15.5. The minimum atomic E-state index is -0.262. The fourth-order valence-corrected chi connectivity index (χ4v) is 2.88. The lowest BCUT2D eigenvalue weighted by molar-refractivity contribution is -0.128. The van der Waals surface area contributed by atoms with Gasteiger partial charge in [0.1, 0.15) is 23.1 Å². The van der Waals surface area contributed by atoms with Crippen molar-refractivity contribution < 1.29 is 14.3 Å². The summed E-state index contributed by atoms with van der Waals surface area (Å²) in [7, 11) is 3.02. The van der Waals surface area contributed by atoms with Gasteiger partial charge >= 0.3 is 0 Å². The van der Waals surface area contributed by atoms with Crippen molar-refractivity contribution in [2.24, 2.45) is 5.92 Å². The lowest BCUT2D eigenvalue weighted by atomic mass is 9.99. The van der Waals surface area contributed by atoms with Crippen molar-refractivity contribution in [3.63, 3.8) is 0 Å². The molecule has 1 amide bonds. The maximum atomic E-state index is 12.5. The van der Waals surface area contributed by atoms with E-state index in [4.69, 9.17) is 21.1 Å². The van der Waals surface area contributed by atoms with Crippen molar-refractivity contribution in [3.8, 4) is 17.6 Å². The Bertz CT molecular complexity index is 704. The predicted octanol–water partition coefficient (Wildman–Crippen LogP) is 3.44. The Kier molecular flexibility index (Phi) is 6.54. The molecule has 0 radical (unpaired) electrons. The van der Waals surface area contributed by atoms with Gasteiger partial charge in [-0.25, -0.2) is 0 Å². The highest BCUT2D eigenvalue weighted by atomic mass is 35.5. The molecule has 0 unspecified atom stereocenters. The number of methoxy groups -OCH3 is 2. The molecule has 25 heavy (non-hydrogen) atoms. The van der Waals surface area contributed by atoms with Crippen LogP contribution in [0, 0.1) is 17.2 Å². The molecule has 0 spiro atoms. The van der Waals surface area contributed by atoms with Gasteiger partial charge in [0, 0.05) is 31.4 Å². The number of carbonyl (C=O) groups is 1. The van der Waals surface area contributed by atoms with Crippen LogP contribution in [0.25, 0.3) is 0 Å². The van der Waals surface area contributed by atoms with Crippen LogP contribution >= 0.6 is 11.6 Å². The van der Waals surface area contributed by atoms with Crippen molar-refractivity contribution in [1.82, 2.24) is 4.90 Å². The second-order valence-corrected chi connectivity index (χ2v) is 6.38. The zero-order valence-electron chi connectivity index (χ0n) is 14.6. The number of piperidine rings is 1. The molecule has 134 valence electrons. The number of nitrogens with zero attached hydrogens (tertiary/aromatic N) is 2. The van der Waals surface area contributed by atoms with Crippen LogP contribution in [0.15, 0.2) is 23.9 Å². The van der Waals surface area contributed by atoms with Crippen molar-refractivity contribution in [2.45, 2.75) is 19.8 Å². The molecule has 0 bridgehead atoms. The summed E-state index contributed by atoms with van der Waals surface area (Å²) in [5.74, 6) is 1.30. The fourth-order valence-electron chi connectivity index (χ4n) is 2.65. The smallest absolute Gasteiger partial charge is 0.266 e. The quantitative estimate of drug-likeness (QED) is 0.640. The first-order valence-corrected chi connectivity index (χ1v) is 8.45. The van der Waals surface area contributed by atoms with E-state index in [0.717, 1.165) is 12.8 Å². The number of hydrogen-bond donors (Lipinski definition) is 1. The molecule has 7 heteroatoms. The van der Waals surface area contributed by atoms with Crippen LogP contribution in [0.5, 0.6) is 11.5 Å². The average molecular weight is 364 g/mol. The number of anilines is 1. The van der Waals surface area contributed by atoms with Gasteiger partial charge in [-0.2, -0.15) is 5.26 Å². The SMILES string of the molecule is COc1cc(N/C=C(/C#N)C(=O)N2CCC(C)CC2)c(OC)cc1Cl. The van der Waals surface area contributed by atoms with Crippen molar-refractivity contribution in [2.75, 3.05) is 32.6 Å². The lowest BCUT2D eigenvalue weighted by Crippen LogP contribution is -2.38. The Morgan fingerprint density at radius 1 is 1.32 bits per heavy atom. The number of rotatable bonds is 5. The summed E-state index contributed by atoms with van der Waals surface area (Å²) in [6, 6.07) is 5.23. The van der Waals surface area contributed by atoms with Gasteiger partial charge in [-0.1, -0.05) is 18.5 Å². The van der Waals surface area contributed by atoms with E-state index in [0.29, 0.717) is 41.2 Å². The molecular formula is C18H22ClN3O3. The molecular weight excluding hydrogens is 342 g/mol. The first-order chi connectivity index (χ1) is 12.0. The average Bonchev–Trinajstić information content (AvgIpc) is 2.63. The number of halogens is 1. The van der Waals surface area contributed by atoms with Gasteiger partial charge in [0.2, 0.25) is 0 Å². The second-order valence-electron chi connectivity index (χ2n) is 5.98. The first-order valence-electron chi connectivity index (χ1n) is 8.07. The molecule has 1 N–H and O–H groups in total. The van der Waals surface area contributed by atoms with Gasteiger partial charge in [-0.15, -0.1) is 0 Å². The number of amides is 1. The van der Waals surface area contributed by atoms with Crippen LogP contribution in [0.2, 0.25) is 5.02 Å². The maximum absolute atomic E-state index is 12.5. The zero-order chi connectivity index (χ0) is 18.4. The number of nitriles is 1. The number of likely N-dealkylation sites (tertiary alicyclic amines) is 1. The summed E-state index contributed by atoms with van der Waals surface area (Å²) in [5.41, 5.74) is 0.599. The topological polar surface area (TPSA) is 74.6 Å². The molecule has 0 saturated carbocycles. The van der Waals surface area contributed by atoms with Crippen molar-refractivity contribution >= 4 is 23.2 Å². The van der Waals surface area contributed by atoms with Gasteiger partial charge in [0.25, 0.3) is 5.91 Å². The van der Waals surface area contributed by atoms with E-state index in [1.807, 2.05) is 6.07 Å². The summed E-state index contributed by atoms with van der Waals surface area (Å²) in [4.78, 5) is 14.2. The monoisotopic (exact) mass is 363 g/mol. The van der Waals surface area contributed by atoms with Crippen LogP contribution in [-0.4, -0.2) is 38.1 Å². The second kappa shape index (κ2) is 8.63. The van der Waals surface area contributed by atoms with E-state index in [-0.39, 0.29) is 11.5 Å². The number of nitrogens with one attached hydrogen (secondary N) is 1. The van der Waals surface area contributed by atoms with Crippen LogP contribution in [0.4, 0.5) is 5.69 Å². The zero-order valence-corrected chi connectivity index (χ0v) is 15.4. The minimum absolute atomic E-state index is 0.0468. The summed E-state index contributed by atoms with van der Waals surface area (Å²) < 4.78 is 10.5. The highest BCUT2D eigenvalue weighted by Gasteiger charge is 2.23. The van der Waals surface area contributed by atoms with Crippen molar-refractivity contribution in [1.29, 1.82) is 5.26 Å². The van der Waals surface area contributed by atoms with Gasteiger partial charge in [-0.05, 0) is 18.8 Å². The molecule has 1 aromatic rings. The molecule has 1 fully saturated rings. The minimum Gasteiger partial charge on any atom is -0.495 e. The van der Waals surface area contributed by atoms with Crippen LogP contribution < -0.4 is 14.8 Å². The Morgan fingerprint density at radius 3 is 2.52 bits per heavy atom. The Morgan fingerprint density at radius 2 is 1.96 bits per heavy atom. The lowest BCUT2D eigenvalue weighted by Gasteiger charge is -2.30. The molecule has 1 aliphatic rings. The van der Waals surface area contributed by atoms with E-state index in [9.17, 15) is 10.1 Å². The Hall–Kier alpha value is -2.39. The fraction of sp³-hybridized carbons (Fsp3) is 0.444. The predicted molar refractivity (Wildman–Crippen MR) is 96.9 cm³/mol. The number of carbonyl (C=O) groups excluding carboxylic acids is 1. The molecule has 1 aromatic carbocycles. The third-order valence-corrected chi connectivity index (χ3v) is 4.56. The molecule has 0 aromatic heterocycles. The van der Waals surface area contributed by atoms with E-state index in [1.54, 1.807) is 17.0 Å². The molecule has 1 aliphatic heterocycles. The molecule has 0 atom stereocenters. The number of hydrogen-bond acceptors (Lipinski definition) is 5. The molecule has 0 aliphatic carbocycles. The third kappa shape index (κ3) is 4.58.